The molecule has 4 nitrogen and oxygen atoms in total. The number of rotatable bonds is 4. The average Bonchev–Trinajstić information content (AvgIpc) is 2.35. The van der Waals surface area contributed by atoms with E-state index in [1.54, 1.807) is 12.4 Å². The van der Waals surface area contributed by atoms with Gasteiger partial charge in [0, 0.05) is 18.9 Å². The molecule has 0 saturated carbocycles. The van der Waals surface area contributed by atoms with Gasteiger partial charge in [0.25, 0.3) is 0 Å². The third-order valence-corrected chi connectivity index (χ3v) is 2.27. The van der Waals surface area contributed by atoms with Gasteiger partial charge in [0.1, 0.15) is 5.75 Å². The number of hydrogen-bond donors (Lipinski definition) is 1. The third-order valence-electron chi connectivity index (χ3n) is 2.27. The second kappa shape index (κ2) is 5.41. The molecule has 17 heavy (non-hydrogen) atoms. The van der Waals surface area contributed by atoms with Gasteiger partial charge in [-0.1, -0.05) is 12.1 Å². The lowest BCUT2D eigenvalue weighted by Gasteiger charge is -2.05. The van der Waals surface area contributed by atoms with Crippen LogP contribution < -0.4 is 10.1 Å². The molecule has 0 spiro atoms. The van der Waals surface area contributed by atoms with Crippen LogP contribution in [-0.4, -0.2) is 17.0 Å². The molecule has 1 aromatic carbocycles. The average molecular weight is 229 g/mol. The van der Waals surface area contributed by atoms with Crippen LogP contribution in [0.1, 0.15) is 11.1 Å². The minimum atomic E-state index is 0.372. The highest BCUT2D eigenvalue weighted by molar-refractivity contribution is 5.29. The first-order chi connectivity index (χ1) is 8.28. The highest BCUT2D eigenvalue weighted by atomic mass is 16.5. The number of ether oxygens (including phenoxy) is 1. The summed E-state index contributed by atoms with van der Waals surface area (Å²) in [6.45, 7) is 2.79. The van der Waals surface area contributed by atoms with Gasteiger partial charge in [-0.25, -0.2) is 9.97 Å². The van der Waals surface area contributed by atoms with Crippen LogP contribution in [-0.2, 0) is 6.54 Å². The van der Waals surface area contributed by atoms with Gasteiger partial charge in [0.05, 0.1) is 0 Å². The van der Waals surface area contributed by atoms with E-state index in [0.29, 0.717) is 6.01 Å². The monoisotopic (exact) mass is 229 g/mol. The molecule has 0 radical (unpaired) electrons. The molecule has 1 aromatic heterocycles. The maximum absolute atomic E-state index is 5.52. The van der Waals surface area contributed by atoms with Crippen molar-refractivity contribution >= 4 is 0 Å². The van der Waals surface area contributed by atoms with Crippen LogP contribution in [0.2, 0.25) is 0 Å². The second-order valence-corrected chi connectivity index (χ2v) is 3.82. The van der Waals surface area contributed by atoms with Gasteiger partial charge in [0.2, 0.25) is 0 Å². The molecule has 0 aliphatic rings. The molecule has 2 rings (SSSR count). The van der Waals surface area contributed by atoms with E-state index in [0.717, 1.165) is 17.9 Å². The molecule has 0 saturated heterocycles. The molecular formula is C13H15N3O. The number of aryl methyl sites for hydroxylation is 1. The SMILES string of the molecule is CNCc1ccc(Oc2ncc(C)cn2)cc1. The fourth-order valence-electron chi connectivity index (χ4n) is 1.42. The first-order valence-electron chi connectivity index (χ1n) is 5.48. The Labute approximate surface area is 101 Å². The first kappa shape index (κ1) is 11.5. The van der Waals surface area contributed by atoms with Crippen LogP contribution in [0.15, 0.2) is 36.7 Å². The molecular weight excluding hydrogens is 214 g/mol. The van der Waals surface area contributed by atoms with Gasteiger partial charge in [-0.2, -0.15) is 0 Å². The van der Waals surface area contributed by atoms with E-state index in [1.165, 1.54) is 5.56 Å². The van der Waals surface area contributed by atoms with E-state index in [4.69, 9.17) is 4.74 Å². The Morgan fingerprint density at radius 3 is 2.35 bits per heavy atom. The van der Waals surface area contributed by atoms with Crippen LogP contribution in [0.25, 0.3) is 0 Å². The molecule has 88 valence electrons. The van der Waals surface area contributed by atoms with Crippen LogP contribution in [0.5, 0.6) is 11.8 Å². The number of nitrogens with zero attached hydrogens (tertiary/aromatic N) is 2. The van der Waals surface area contributed by atoms with Gasteiger partial charge in [-0.15, -0.1) is 0 Å². The Morgan fingerprint density at radius 1 is 1.12 bits per heavy atom. The van der Waals surface area contributed by atoms with Crippen molar-refractivity contribution < 1.29 is 4.74 Å². The molecule has 4 heteroatoms. The summed E-state index contributed by atoms with van der Waals surface area (Å²) in [4.78, 5) is 8.17. The van der Waals surface area contributed by atoms with Crippen LogP contribution >= 0.6 is 0 Å². The van der Waals surface area contributed by atoms with Crippen molar-refractivity contribution in [3.8, 4) is 11.8 Å². The van der Waals surface area contributed by atoms with Gasteiger partial charge in [0.15, 0.2) is 0 Å². The van der Waals surface area contributed by atoms with Crippen LogP contribution in [0.3, 0.4) is 0 Å². The number of hydrogen-bond acceptors (Lipinski definition) is 4. The molecule has 0 unspecified atom stereocenters. The smallest absolute Gasteiger partial charge is 0.321 e. The molecule has 2 aromatic rings. The maximum Gasteiger partial charge on any atom is 0.321 e. The van der Waals surface area contributed by atoms with Crippen molar-refractivity contribution in [2.24, 2.45) is 0 Å². The maximum atomic E-state index is 5.52. The minimum absolute atomic E-state index is 0.372. The van der Waals surface area contributed by atoms with Crippen LogP contribution in [0, 0.1) is 6.92 Å². The number of nitrogens with one attached hydrogen (secondary N) is 1. The highest BCUT2D eigenvalue weighted by Crippen LogP contribution is 2.17. The van der Waals surface area contributed by atoms with Crippen molar-refractivity contribution in [3.63, 3.8) is 0 Å². The van der Waals surface area contributed by atoms with Crippen molar-refractivity contribution in [1.82, 2.24) is 15.3 Å². The molecule has 1 heterocycles. The van der Waals surface area contributed by atoms with Crippen molar-refractivity contribution in [2.45, 2.75) is 13.5 Å². The fourth-order valence-corrected chi connectivity index (χ4v) is 1.42. The molecule has 0 aliphatic carbocycles. The van der Waals surface area contributed by atoms with E-state index in [9.17, 15) is 0 Å². The van der Waals surface area contributed by atoms with Gasteiger partial charge in [-0.3, -0.25) is 0 Å². The van der Waals surface area contributed by atoms with E-state index in [1.807, 2.05) is 38.2 Å². The summed E-state index contributed by atoms with van der Waals surface area (Å²) in [7, 11) is 1.92. The summed E-state index contributed by atoms with van der Waals surface area (Å²) in [6.07, 6.45) is 3.47. The number of aromatic nitrogens is 2. The Hall–Kier alpha value is -1.94. The zero-order valence-electron chi connectivity index (χ0n) is 9.97. The Morgan fingerprint density at radius 2 is 1.76 bits per heavy atom. The normalized spacial score (nSPS) is 10.2. The first-order valence-corrected chi connectivity index (χ1v) is 5.48. The summed E-state index contributed by atoms with van der Waals surface area (Å²) in [6, 6.07) is 8.23. The van der Waals surface area contributed by atoms with Gasteiger partial charge < -0.3 is 10.1 Å². The Kier molecular flexibility index (Phi) is 3.67. The van der Waals surface area contributed by atoms with E-state index in [2.05, 4.69) is 15.3 Å². The Balaban J connectivity index is 2.05. The van der Waals surface area contributed by atoms with Crippen LogP contribution in [0.4, 0.5) is 0 Å². The molecule has 0 fully saturated rings. The van der Waals surface area contributed by atoms with Crippen molar-refractivity contribution in [3.05, 3.63) is 47.8 Å². The molecule has 0 atom stereocenters. The third kappa shape index (κ3) is 3.26. The zero-order chi connectivity index (χ0) is 12.1. The quantitative estimate of drug-likeness (QED) is 0.873. The fraction of sp³-hybridized carbons (Fsp3) is 0.231. The van der Waals surface area contributed by atoms with E-state index in [-0.39, 0.29) is 0 Å². The van der Waals surface area contributed by atoms with Gasteiger partial charge in [-0.05, 0) is 37.2 Å². The van der Waals surface area contributed by atoms with E-state index >= 15 is 0 Å². The lowest BCUT2D eigenvalue weighted by molar-refractivity contribution is 0.441. The second-order valence-electron chi connectivity index (χ2n) is 3.82. The summed E-state index contributed by atoms with van der Waals surface area (Å²) >= 11 is 0. The molecule has 0 amide bonds. The summed E-state index contributed by atoms with van der Waals surface area (Å²) in [5, 5.41) is 3.09. The molecule has 1 N–H and O–H groups in total. The standard InChI is InChI=1S/C13H15N3O/c1-10-7-15-13(16-8-10)17-12-5-3-11(4-6-12)9-14-2/h3-8,14H,9H2,1-2H3. The lowest BCUT2D eigenvalue weighted by atomic mass is 10.2. The summed E-state index contributed by atoms with van der Waals surface area (Å²) < 4.78 is 5.52. The summed E-state index contributed by atoms with van der Waals surface area (Å²) in [5.74, 6) is 0.744. The van der Waals surface area contributed by atoms with E-state index < -0.39 is 0 Å². The Bertz CT molecular complexity index is 465. The van der Waals surface area contributed by atoms with Crippen molar-refractivity contribution in [1.29, 1.82) is 0 Å². The largest absolute Gasteiger partial charge is 0.424 e. The zero-order valence-corrected chi connectivity index (χ0v) is 9.97. The van der Waals surface area contributed by atoms with Crippen molar-refractivity contribution in [2.75, 3.05) is 7.05 Å². The predicted octanol–water partition coefficient (Wildman–Crippen LogP) is 2.30. The topological polar surface area (TPSA) is 47.0 Å². The van der Waals surface area contributed by atoms with Gasteiger partial charge >= 0.3 is 6.01 Å². The summed E-state index contributed by atoms with van der Waals surface area (Å²) in [5.41, 5.74) is 2.23. The highest BCUT2D eigenvalue weighted by Gasteiger charge is 1.99. The predicted molar refractivity (Wildman–Crippen MR) is 66.0 cm³/mol. The lowest BCUT2D eigenvalue weighted by Crippen LogP contribution is -2.04. The minimum Gasteiger partial charge on any atom is -0.424 e. The molecule has 0 bridgehead atoms. The molecule has 0 aliphatic heterocycles. The number of benzene rings is 1.